The van der Waals surface area contributed by atoms with E-state index in [1.165, 1.54) is 12.0 Å². The molecule has 1 fully saturated rings. The second kappa shape index (κ2) is 6.47. The highest BCUT2D eigenvalue weighted by atomic mass is 35.5. The number of nitrogens with zero attached hydrogens (tertiary/aromatic N) is 2. The van der Waals surface area contributed by atoms with Crippen LogP contribution in [0.4, 0.5) is 0 Å². The van der Waals surface area contributed by atoms with Gasteiger partial charge in [-0.2, -0.15) is 0 Å². The van der Waals surface area contributed by atoms with E-state index in [0.717, 1.165) is 46.6 Å². The Bertz CT molecular complexity index is 1160. The van der Waals surface area contributed by atoms with Crippen LogP contribution in [0.15, 0.2) is 66.9 Å². The smallest absolute Gasteiger partial charge is 0.157 e. The average molecular weight is 388 g/mol. The van der Waals surface area contributed by atoms with Gasteiger partial charge in [-0.3, -0.25) is 4.40 Å². The van der Waals surface area contributed by atoms with E-state index in [4.69, 9.17) is 22.3 Å². The summed E-state index contributed by atoms with van der Waals surface area (Å²) < 4.78 is 2.09. The standard InChI is InChI=1S/C24H22ClN3/c1-16-12-15-28-22(18-6-3-2-4-7-18)21(27-23(28)20(16)25)17-8-10-19(11-9-17)24(26)13-5-14-24/h2-4,6-12,15H,5,13-14,26H2,1H3. The number of imidazole rings is 1. The Morgan fingerprint density at radius 1 is 0.964 bits per heavy atom. The first-order chi connectivity index (χ1) is 13.6. The monoisotopic (exact) mass is 387 g/mol. The summed E-state index contributed by atoms with van der Waals surface area (Å²) in [7, 11) is 0. The molecule has 140 valence electrons. The third-order valence-electron chi connectivity index (χ3n) is 5.95. The molecule has 2 aromatic heterocycles. The van der Waals surface area contributed by atoms with Gasteiger partial charge in [-0.1, -0.05) is 66.2 Å². The molecule has 0 aliphatic heterocycles. The number of aryl methyl sites for hydroxylation is 1. The Balaban J connectivity index is 1.71. The summed E-state index contributed by atoms with van der Waals surface area (Å²) in [5.41, 5.74) is 13.5. The maximum atomic E-state index is 6.60. The Kier molecular flexibility index (Phi) is 4.04. The van der Waals surface area contributed by atoms with Crippen LogP contribution in [0.3, 0.4) is 0 Å². The SMILES string of the molecule is Cc1ccn2c(-c3ccccc3)c(-c3ccc(C4(N)CCC4)cc3)nc2c1Cl. The summed E-state index contributed by atoms with van der Waals surface area (Å²) in [6, 6.07) is 21.0. The van der Waals surface area contributed by atoms with Gasteiger partial charge in [-0.05, 0) is 43.4 Å². The Hall–Kier alpha value is -2.62. The lowest BCUT2D eigenvalue weighted by Crippen LogP contribution is -2.43. The average Bonchev–Trinajstić information content (AvgIpc) is 3.10. The quantitative estimate of drug-likeness (QED) is 0.470. The molecular formula is C24H22ClN3. The zero-order chi connectivity index (χ0) is 19.3. The van der Waals surface area contributed by atoms with Gasteiger partial charge in [0.1, 0.15) is 0 Å². The van der Waals surface area contributed by atoms with Crippen LogP contribution in [-0.4, -0.2) is 9.38 Å². The summed E-state index contributed by atoms with van der Waals surface area (Å²) in [4.78, 5) is 4.95. The summed E-state index contributed by atoms with van der Waals surface area (Å²) in [5, 5.41) is 0.693. The Morgan fingerprint density at radius 3 is 2.32 bits per heavy atom. The van der Waals surface area contributed by atoms with Crippen molar-refractivity contribution < 1.29 is 0 Å². The van der Waals surface area contributed by atoms with Crippen molar-refractivity contribution in [1.82, 2.24) is 9.38 Å². The minimum Gasteiger partial charge on any atom is -0.321 e. The Morgan fingerprint density at radius 2 is 1.68 bits per heavy atom. The number of hydrogen-bond donors (Lipinski definition) is 1. The number of pyridine rings is 1. The van der Waals surface area contributed by atoms with Gasteiger partial charge in [0.25, 0.3) is 0 Å². The first-order valence-corrected chi connectivity index (χ1v) is 10.1. The second-order valence-corrected chi connectivity index (χ2v) is 8.15. The van der Waals surface area contributed by atoms with E-state index in [-0.39, 0.29) is 5.54 Å². The molecule has 2 N–H and O–H groups in total. The van der Waals surface area contributed by atoms with Crippen LogP contribution < -0.4 is 5.73 Å². The molecule has 1 saturated carbocycles. The van der Waals surface area contributed by atoms with E-state index in [2.05, 4.69) is 40.8 Å². The van der Waals surface area contributed by atoms with Gasteiger partial charge in [0.2, 0.25) is 0 Å². The van der Waals surface area contributed by atoms with Crippen molar-refractivity contribution in [3.63, 3.8) is 0 Å². The summed E-state index contributed by atoms with van der Waals surface area (Å²) >= 11 is 6.60. The van der Waals surface area contributed by atoms with Crippen LogP contribution in [0.5, 0.6) is 0 Å². The van der Waals surface area contributed by atoms with Gasteiger partial charge < -0.3 is 5.73 Å². The molecule has 0 amide bonds. The zero-order valence-electron chi connectivity index (χ0n) is 15.8. The van der Waals surface area contributed by atoms with Gasteiger partial charge >= 0.3 is 0 Å². The topological polar surface area (TPSA) is 43.3 Å². The van der Waals surface area contributed by atoms with Gasteiger partial charge in [-0.15, -0.1) is 0 Å². The molecule has 0 bridgehead atoms. The molecule has 3 nitrogen and oxygen atoms in total. The van der Waals surface area contributed by atoms with Crippen molar-refractivity contribution in [2.24, 2.45) is 5.73 Å². The van der Waals surface area contributed by atoms with Crippen LogP contribution in [0, 0.1) is 6.92 Å². The molecule has 5 rings (SSSR count). The fourth-order valence-corrected chi connectivity index (χ4v) is 4.24. The van der Waals surface area contributed by atoms with Crippen LogP contribution in [0.25, 0.3) is 28.2 Å². The van der Waals surface area contributed by atoms with Crippen molar-refractivity contribution in [3.8, 4) is 22.5 Å². The number of fused-ring (bicyclic) bond motifs is 1. The zero-order valence-corrected chi connectivity index (χ0v) is 16.6. The van der Waals surface area contributed by atoms with E-state index in [1.54, 1.807) is 0 Å². The lowest BCUT2D eigenvalue weighted by molar-refractivity contribution is 0.253. The predicted molar refractivity (Wildman–Crippen MR) is 116 cm³/mol. The molecule has 4 aromatic rings. The molecule has 1 aliphatic rings. The minimum atomic E-state index is -0.153. The second-order valence-electron chi connectivity index (χ2n) is 7.77. The van der Waals surface area contributed by atoms with Crippen LogP contribution >= 0.6 is 11.6 Å². The van der Waals surface area contributed by atoms with Crippen molar-refractivity contribution in [3.05, 3.63) is 83.0 Å². The molecule has 4 heteroatoms. The number of hydrogen-bond acceptors (Lipinski definition) is 2. The highest BCUT2D eigenvalue weighted by Gasteiger charge is 2.34. The number of rotatable bonds is 3. The third-order valence-corrected chi connectivity index (χ3v) is 6.42. The molecular weight excluding hydrogens is 366 g/mol. The van der Waals surface area contributed by atoms with Crippen LogP contribution in [0.2, 0.25) is 5.02 Å². The van der Waals surface area contributed by atoms with Crippen LogP contribution in [0.1, 0.15) is 30.4 Å². The summed E-state index contributed by atoms with van der Waals surface area (Å²) in [5.74, 6) is 0. The normalized spacial score (nSPS) is 15.5. The third kappa shape index (κ3) is 2.66. The van der Waals surface area contributed by atoms with Crippen molar-refractivity contribution in [2.75, 3.05) is 0 Å². The van der Waals surface area contributed by atoms with E-state index in [1.807, 2.05) is 37.4 Å². The minimum absolute atomic E-state index is 0.153. The molecule has 0 radical (unpaired) electrons. The fourth-order valence-electron chi connectivity index (χ4n) is 4.05. The van der Waals surface area contributed by atoms with Crippen LogP contribution in [-0.2, 0) is 5.54 Å². The van der Waals surface area contributed by atoms with Crippen molar-refractivity contribution >= 4 is 17.2 Å². The Labute approximate surface area is 169 Å². The van der Waals surface area contributed by atoms with Gasteiger partial charge in [-0.25, -0.2) is 4.98 Å². The molecule has 2 heterocycles. The molecule has 28 heavy (non-hydrogen) atoms. The summed E-state index contributed by atoms with van der Waals surface area (Å²) in [6.45, 7) is 2.01. The molecule has 0 saturated heterocycles. The highest BCUT2D eigenvalue weighted by Crippen LogP contribution is 2.40. The molecule has 0 atom stereocenters. The lowest BCUT2D eigenvalue weighted by atomic mass is 9.72. The number of benzene rings is 2. The number of halogens is 1. The molecule has 1 aliphatic carbocycles. The van der Waals surface area contributed by atoms with E-state index in [9.17, 15) is 0 Å². The maximum absolute atomic E-state index is 6.60. The summed E-state index contributed by atoms with van der Waals surface area (Å²) in [6.07, 6.45) is 5.38. The van der Waals surface area contributed by atoms with E-state index in [0.29, 0.717) is 5.02 Å². The maximum Gasteiger partial charge on any atom is 0.157 e. The molecule has 0 spiro atoms. The first-order valence-electron chi connectivity index (χ1n) is 9.69. The first kappa shape index (κ1) is 17.5. The van der Waals surface area contributed by atoms with Gasteiger partial charge in [0.15, 0.2) is 5.65 Å². The van der Waals surface area contributed by atoms with Crippen molar-refractivity contribution in [2.45, 2.75) is 31.7 Å². The van der Waals surface area contributed by atoms with Crippen molar-refractivity contribution in [1.29, 1.82) is 0 Å². The van der Waals surface area contributed by atoms with Gasteiger partial charge in [0, 0.05) is 22.9 Å². The fraction of sp³-hybridized carbons (Fsp3) is 0.208. The number of aromatic nitrogens is 2. The predicted octanol–water partition coefficient (Wildman–Crippen LogP) is 5.97. The van der Waals surface area contributed by atoms with E-state index < -0.39 is 0 Å². The highest BCUT2D eigenvalue weighted by molar-refractivity contribution is 6.34. The molecule has 2 aromatic carbocycles. The molecule has 0 unspecified atom stereocenters. The number of nitrogens with two attached hydrogens (primary N) is 1. The lowest BCUT2D eigenvalue weighted by Gasteiger charge is -2.38. The van der Waals surface area contributed by atoms with Gasteiger partial charge in [0.05, 0.1) is 16.4 Å². The largest absolute Gasteiger partial charge is 0.321 e. The van der Waals surface area contributed by atoms with E-state index >= 15 is 0 Å².